The van der Waals surface area contributed by atoms with Crippen LogP contribution in [0.1, 0.15) is 13.8 Å². The summed E-state index contributed by atoms with van der Waals surface area (Å²) in [6.07, 6.45) is 3.22. The van der Waals surface area contributed by atoms with Gasteiger partial charge in [0.15, 0.2) is 0 Å². The van der Waals surface area contributed by atoms with Crippen molar-refractivity contribution < 1.29 is 0 Å². The molecule has 0 bridgehead atoms. The van der Waals surface area contributed by atoms with Crippen molar-refractivity contribution in [2.75, 3.05) is 11.9 Å². The zero-order valence-electron chi connectivity index (χ0n) is 7.87. The summed E-state index contributed by atoms with van der Waals surface area (Å²) in [5.74, 6) is 1.29. The number of alkyl halides is 1. The summed E-state index contributed by atoms with van der Waals surface area (Å²) in [4.78, 5) is 7.85. The molecule has 0 aliphatic heterocycles. The van der Waals surface area contributed by atoms with Crippen molar-refractivity contribution in [3.63, 3.8) is 0 Å². The minimum atomic E-state index is 0.134. The maximum Gasteiger partial charge on any atom is 0.129 e. The average Bonchev–Trinajstić information content (AvgIpc) is 2.15. The molecule has 0 aliphatic carbocycles. The van der Waals surface area contributed by atoms with Gasteiger partial charge in [-0.25, -0.2) is 9.97 Å². The van der Waals surface area contributed by atoms with Crippen LogP contribution >= 0.6 is 11.6 Å². The minimum Gasteiger partial charge on any atom is -0.368 e. The molecule has 0 radical (unpaired) electrons. The van der Waals surface area contributed by atoms with Gasteiger partial charge in [0, 0.05) is 12.7 Å². The van der Waals surface area contributed by atoms with Crippen LogP contribution in [0.25, 0.3) is 0 Å². The number of hydrogen-bond acceptors (Lipinski definition) is 3. The molecule has 0 spiro atoms. The molecule has 1 heterocycles. The smallest absolute Gasteiger partial charge is 0.129 e. The molecule has 0 amide bonds. The van der Waals surface area contributed by atoms with E-state index >= 15 is 0 Å². The molecule has 4 heteroatoms. The summed E-state index contributed by atoms with van der Waals surface area (Å²) >= 11 is 6.06. The summed E-state index contributed by atoms with van der Waals surface area (Å²) in [5, 5.41) is 3.28. The highest BCUT2D eigenvalue weighted by molar-refractivity contribution is 6.21. The van der Waals surface area contributed by atoms with Crippen LogP contribution in [0.4, 0.5) is 5.82 Å². The van der Waals surface area contributed by atoms with Crippen LogP contribution in [0.15, 0.2) is 18.6 Å². The Hall–Kier alpha value is -0.830. The third-order valence-electron chi connectivity index (χ3n) is 1.78. The van der Waals surface area contributed by atoms with Crippen LogP contribution in [-0.4, -0.2) is 21.9 Å². The highest BCUT2D eigenvalue weighted by Gasteiger charge is 2.08. The molecule has 0 aliphatic rings. The lowest BCUT2D eigenvalue weighted by Gasteiger charge is -2.13. The highest BCUT2D eigenvalue weighted by atomic mass is 35.5. The van der Waals surface area contributed by atoms with Gasteiger partial charge in [-0.05, 0) is 12.0 Å². The highest BCUT2D eigenvalue weighted by Crippen LogP contribution is 2.10. The molecule has 1 aromatic rings. The first kappa shape index (κ1) is 10.3. The van der Waals surface area contributed by atoms with Crippen LogP contribution in [0.5, 0.6) is 0 Å². The first-order chi connectivity index (χ1) is 6.20. The second kappa shape index (κ2) is 5.02. The van der Waals surface area contributed by atoms with Gasteiger partial charge in [0.2, 0.25) is 0 Å². The number of nitrogens with zero attached hydrogens (tertiary/aromatic N) is 2. The molecule has 0 saturated carbocycles. The number of anilines is 1. The Morgan fingerprint density at radius 3 is 2.85 bits per heavy atom. The third-order valence-corrected chi connectivity index (χ3v) is 2.44. The van der Waals surface area contributed by atoms with Gasteiger partial charge in [0.25, 0.3) is 0 Å². The van der Waals surface area contributed by atoms with Gasteiger partial charge in [-0.15, -0.1) is 11.6 Å². The van der Waals surface area contributed by atoms with Gasteiger partial charge >= 0.3 is 0 Å². The molecule has 3 nitrogen and oxygen atoms in total. The van der Waals surface area contributed by atoms with E-state index in [0.29, 0.717) is 5.92 Å². The molecule has 0 fully saturated rings. The Morgan fingerprint density at radius 1 is 1.54 bits per heavy atom. The van der Waals surface area contributed by atoms with Crippen molar-refractivity contribution in [2.24, 2.45) is 5.92 Å². The zero-order valence-corrected chi connectivity index (χ0v) is 8.62. The van der Waals surface area contributed by atoms with Gasteiger partial charge in [-0.1, -0.05) is 13.8 Å². The topological polar surface area (TPSA) is 37.8 Å². The standard InChI is InChI=1S/C9H14ClN3/c1-7(2)8(10)5-12-9-3-4-11-6-13-9/h3-4,6-8H,5H2,1-2H3,(H,11,12,13). The van der Waals surface area contributed by atoms with Gasteiger partial charge in [0.05, 0.1) is 5.38 Å². The molecule has 72 valence electrons. The lowest BCUT2D eigenvalue weighted by Crippen LogP contribution is -2.19. The van der Waals surface area contributed by atoms with E-state index < -0.39 is 0 Å². The monoisotopic (exact) mass is 199 g/mol. The molecule has 13 heavy (non-hydrogen) atoms. The van der Waals surface area contributed by atoms with E-state index in [1.807, 2.05) is 6.07 Å². The largest absolute Gasteiger partial charge is 0.368 e. The van der Waals surface area contributed by atoms with Gasteiger partial charge in [-0.2, -0.15) is 0 Å². The van der Waals surface area contributed by atoms with Crippen LogP contribution < -0.4 is 5.32 Å². The number of hydrogen-bond donors (Lipinski definition) is 1. The lowest BCUT2D eigenvalue weighted by atomic mass is 10.1. The molecule has 1 aromatic heterocycles. The summed E-state index contributed by atoms with van der Waals surface area (Å²) in [7, 11) is 0. The zero-order chi connectivity index (χ0) is 9.68. The Morgan fingerprint density at radius 2 is 2.31 bits per heavy atom. The molecule has 1 atom stereocenters. The van der Waals surface area contributed by atoms with Crippen LogP contribution in [-0.2, 0) is 0 Å². The number of rotatable bonds is 4. The van der Waals surface area contributed by atoms with E-state index in [1.165, 1.54) is 6.33 Å². The Balaban J connectivity index is 2.35. The van der Waals surface area contributed by atoms with E-state index in [4.69, 9.17) is 11.6 Å². The molecule has 0 aromatic carbocycles. The van der Waals surface area contributed by atoms with Crippen molar-refractivity contribution in [2.45, 2.75) is 19.2 Å². The van der Waals surface area contributed by atoms with Crippen LogP contribution in [0.3, 0.4) is 0 Å². The van der Waals surface area contributed by atoms with Crippen molar-refractivity contribution in [1.29, 1.82) is 0 Å². The van der Waals surface area contributed by atoms with Crippen molar-refractivity contribution in [1.82, 2.24) is 9.97 Å². The van der Waals surface area contributed by atoms with Crippen molar-refractivity contribution in [3.8, 4) is 0 Å². The van der Waals surface area contributed by atoms with E-state index in [0.717, 1.165) is 12.4 Å². The fourth-order valence-electron chi connectivity index (χ4n) is 0.833. The first-order valence-corrected chi connectivity index (χ1v) is 4.77. The molecular formula is C9H14ClN3. The normalized spacial score (nSPS) is 12.9. The quantitative estimate of drug-likeness (QED) is 0.756. The summed E-state index contributed by atoms with van der Waals surface area (Å²) in [6.45, 7) is 4.93. The Kier molecular flexibility index (Phi) is 3.96. The van der Waals surface area contributed by atoms with E-state index in [-0.39, 0.29) is 5.38 Å². The van der Waals surface area contributed by atoms with Gasteiger partial charge in [-0.3, -0.25) is 0 Å². The molecule has 1 unspecified atom stereocenters. The maximum atomic E-state index is 6.06. The fourth-order valence-corrected chi connectivity index (χ4v) is 0.910. The Labute approximate surface area is 83.5 Å². The summed E-state index contributed by atoms with van der Waals surface area (Å²) < 4.78 is 0. The van der Waals surface area contributed by atoms with E-state index in [1.54, 1.807) is 6.20 Å². The number of halogens is 1. The summed E-state index contributed by atoms with van der Waals surface area (Å²) in [5.41, 5.74) is 0. The van der Waals surface area contributed by atoms with Crippen LogP contribution in [0, 0.1) is 5.92 Å². The average molecular weight is 200 g/mol. The fraction of sp³-hybridized carbons (Fsp3) is 0.556. The predicted molar refractivity (Wildman–Crippen MR) is 55.0 cm³/mol. The van der Waals surface area contributed by atoms with Gasteiger partial charge < -0.3 is 5.32 Å². The SMILES string of the molecule is CC(C)C(Cl)CNc1ccncn1. The molecule has 1 N–H and O–H groups in total. The molecule has 1 rings (SSSR count). The summed E-state index contributed by atoms with van der Waals surface area (Å²) in [6, 6.07) is 1.82. The second-order valence-corrected chi connectivity index (χ2v) is 3.80. The number of nitrogens with one attached hydrogen (secondary N) is 1. The van der Waals surface area contributed by atoms with Crippen LogP contribution in [0.2, 0.25) is 0 Å². The lowest BCUT2D eigenvalue weighted by molar-refractivity contribution is 0.615. The second-order valence-electron chi connectivity index (χ2n) is 3.24. The molecular weight excluding hydrogens is 186 g/mol. The van der Waals surface area contributed by atoms with Gasteiger partial charge in [0.1, 0.15) is 12.1 Å². The minimum absolute atomic E-state index is 0.134. The Bertz CT molecular complexity index is 238. The predicted octanol–water partition coefficient (Wildman–Crippen LogP) is 2.15. The molecule has 0 saturated heterocycles. The van der Waals surface area contributed by atoms with Crippen molar-refractivity contribution in [3.05, 3.63) is 18.6 Å². The van der Waals surface area contributed by atoms with E-state index in [9.17, 15) is 0 Å². The third kappa shape index (κ3) is 3.59. The number of aromatic nitrogens is 2. The first-order valence-electron chi connectivity index (χ1n) is 4.34. The van der Waals surface area contributed by atoms with Crippen molar-refractivity contribution >= 4 is 17.4 Å². The van der Waals surface area contributed by atoms with E-state index in [2.05, 4.69) is 29.1 Å². The maximum absolute atomic E-state index is 6.06.